The van der Waals surface area contributed by atoms with Crippen LogP contribution in [-0.2, 0) is 0 Å². The fourth-order valence-electron chi connectivity index (χ4n) is 5.63. The molecule has 0 nitrogen and oxygen atoms in total. The van der Waals surface area contributed by atoms with Crippen LogP contribution in [0, 0.1) is 0 Å². The smallest absolute Gasteiger partial charge is 0.0542 e. The fraction of sp³-hybridized carbons (Fsp3) is 0. The number of benzene rings is 5. The molecule has 0 bridgehead atoms. The molecule has 4 heteroatoms. The van der Waals surface area contributed by atoms with Crippen LogP contribution in [0.2, 0.25) is 0 Å². The lowest BCUT2D eigenvalue weighted by molar-refractivity contribution is 1.66. The number of fused-ring (bicyclic) bond motifs is 10. The van der Waals surface area contributed by atoms with Crippen LogP contribution in [-0.4, -0.2) is 0 Å². The van der Waals surface area contributed by atoms with Crippen molar-refractivity contribution in [2.24, 2.45) is 0 Å². The molecule has 0 N–H and O–H groups in total. The average Bonchev–Trinajstić information content (AvgIpc) is 3.70. The van der Waals surface area contributed by atoms with Gasteiger partial charge in [-0.25, -0.2) is 0 Å². The summed E-state index contributed by atoms with van der Waals surface area (Å²) in [5, 5.41) is 5.58. The van der Waals surface area contributed by atoms with Gasteiger partial charge in [-0.2, -0.15) is 0 Å². The largest absolute Gasteiger partial charge is 0.134 e. The second-order valence-corrected chi connectivity index (χ2v) is 13.9. The van der Waals surface area contributed by atoms with Crippen LogP contribution in [0.4, 0.5) is 0 Å². The van der Waals surface area contributed by atoms with Gasteiger partial charge in [0.1, 0.15) is 0 Å². The van der Waals surface area contributed by atoms with Crippen molar-refractivity contribution < 1.29 is 0 Å². The summed E-state index contributed by atoms with van der Waals surface area (Å²) in [6.07, 6.45) is 0. The monoisotopic (exact) mass is 554 g/mol. The van der Waals surface area contributed by atoms with Gasteiger partial charge in [0.15, 0.2) is 0 Å². The predicted octanol–water partition coefficient (Wildman–Crippen LogP) is 12.2. The van der Waals surface area contributed by atoms with Gasteiger partial charge < -0.3 is 0 Å². The minimum atomic E-state index is 1.28. The standard InChI is InChI=1S/C34H18S4/c1-3-7-19(8-4-1)21-11-13-27-23(15-21)31-33(35-27)25-17-30-26(18-29(25)37-31)34-32(38-30)24-16-22(12-14-28(24)36-34)20-9-5-2-6-10-20/h1-18H. The summed E-state index contributed by atoms with van der Waals surface area (Å²) in [5.41, 5.74) is 5.13. The highest BCUT2D eigenvalue weighted by molar-refractivity contribution is 7.38. The summed E-state index contributed by atoms with van der Waals surface area (Å²) in [5.74, 6) is 0. The molecule has 0 aliphatic heterocycles. The molecule has 178 valence electrons. The second kappa shape index (κ2) is 7.98. The molecular weight excluding hydrogens is 537 g/mol. The van der Waals surface area contributed by atoms with E-state index in [-0.39, 0.29) is 0 Å². The van der Waals surface area contributed by atoms with E-state index in [1.54, 1.807) is 0 Å². The molecule has 0 aliphatic carbocycles. The first-order valence-electron chi connectivity index (χ1n) is 12.6. The van der Waals surface area contributed by atoms with E-state index in [1.807, 2.05) is 45.3 Å². The minimum Gasteiger partial charge on any atom is -0.134 e. The molecule has 0 atom stereocenters. The zero-order chi connectivity index (χ0) is 24.8. The third-order valence-electron chi connectivity index (χ3n) is 7.49. The molecule has 5 aromatic carbocycles. The average molecular weight is 555 g/mol. The molecule has 9 aromatic rings. The van der Waals surface area contributed by atoms with Crippen LogP contribution in [0.5, 0.6) is 0 Å². The Morgan fingerprint density at radius 1 is 0.289 bits per heavy atom. The Morgan fingerprint density at radius 2 is 0.658 bits per heavy atom. The molecule has 38 heavy (non-hydrogen) atoms. The fourth-order valence-corrected chi connectivity index (χ4v) is 10.9. The topological polar surface area (TPSA) is 0 Å². The van der Waals surface area contributed by atoms with E-state index >= 15 is 0 Å². The van der Waals surface area contributed by atoms with Crippen molar-refractivity contribution in [1.29, 1.82) is 0 Å². The van der Waals surface area contributed by atoms with E-state index in [1.165, 1.54) is 81.4 Å². The van der Waals surface area contributed by atoms with Gasteiger partial charge in [-0.05, 0) is 58.7 Å². The van der Waals surface area contributed by atoms with Crippen molar-refractivity contribution in [3.63, 3.8) is 0 Å². The van der Waals surface area contributed by atoms with E-state index in [0.717, 1.165) is 0 Å². The zero-order valence-corrected chi connectivity index (χ0v) is 23.3. The summed E-state index contributed by atoms with van der Waals surface area (Å²) in [6, 6.07) is 40.2. The lowest BCUT2D eigenvalue weighted by Crippen LogP contribution is -1.75. The number of hydrogen-bond acceptors (Lipinski definition) is 4. The minimum absolute atomic E-state index is 1.28. The Bertz CT molecular complexity index is 2160. The van der Waals surface area contributed by atoms with Gasteiger partial charge >= 0.3 is 0 Å². The molecule has 9 rings (SSSR count). The van der Waals surface area contributed by atoms with Crippen molar-refractivity contribution in [2.75, 3.05) is 0 Å². The Morgan fingerprint density at radius 3 is 1.08 bits per heavy atom. The Kier molecular flexibility index (Phi) is 4.49. The van der Waals surface area contributed by atoms with Crippen molar-refractivity contribution in [2.45, 2.75) is 0 Å². The molecule has 0 fully saturated rings. The van der Waals surface area contributed by atoms with Crippen LogP contribution in [0.25, 0.3) is 81.4 Å². The number of rotatable bonds is 2. The Hall–Kier alpha value is -3.54. The lowest BCUT2D eigenvalue weighted by Gasteiger charge is -2.01. The molecule has 0 radical (unpaired) electrons. The first-order valence-corrected chi connectivity index (χ1v) is 15.9. The van der Waals surface area contributed by atoms with Crippen molar-refractivity contribution in [1.82, 2.24) is 0 Å². The summed E-state index contributed by atoms with van der Waals surface area (Å²) in [7, 11) is 0. The van der Waals surface area contributed by atoms with Crippen LogP contribution in [0.3, 0.4) is 0 Å². The predicted molar refractivity (Wildman–Crippen MR) is 174 cm³/mol. The molecule has 0 aliphatic rings. The lowest BCUT2D eigenvalue weighted by atomic mass is 10.0. The summed E-state index contributed by atoms with van der Waals surface area (Å²) in [4.78, 5) is 0. The normalized spacial score (nSPS) is 12.2. The maximum Gasteiger partial charge on any atom is 0.0542 e. The molecule has 0 saturated heterocycles. The van der Waals surface area contributed by atoms with Crippen molar-refractivity contribution in [3.05, 3.63) is 109 Å². The van der Waals surface area contributed by atoms with Gasteiger partial charge in [-0.15, -0.1) is 45.3 Å². The maximum absolute atomic E-state index is 2.46. The molecule has 4 aromatic heterocycles. The van der Waals surface area contributed by atoms with E-state index in [0.29, 0.717) is 0 Å². The Balaban J connectivity index is 1.26. The first-order chi connectivity index (χ1) is 18.8. The molecule has 0 saturated carbocycles. The molecular formula is C34H18S4. The molecule has 0 spiro atoms. The first kappa shape index (κ1) is 21.4. The third kappa shape index (κ3) is 3.06. The SMILES string of the molecule is c1ccc(-c2ccc3sc4c5cc6sc7c8cc(-c9ccccc9)ccc8sc7c6cc5sc4c3c2)cc1. The number of hydrogen-bond donors (Lipinski definition) is 0. The van der Waals surface area contributed by atoms with Gasteiger partial charge in [0, 0.05) is 40.3 Å². The van der Waals surface area contributed by atoms with E-state index in [4.69, 9.17) is 0 Å². The maximum atomic E-state index is 2.46. The third-order valence-corrected chi connectivity index (χ3v) is 12.5. The van der Waals surface area contributed by atoms with Gasteiger partial charge in [0.2, 0.25) is 0 Å². The van der Waals surface area contributed by atoms with Crippen molar-refractivity contribution >= 4 is 104 Å². The zero-order valence-electron chi connectivity index (χ0n) is 20.0. The molecule has 4 heterocycles. The van der Waals surface area contributed by atoms with Gasteiger partial charge in [-0.1, -0.05) is 72.8 Å². The molecule has 0 amide bonds. The van der Waals surface area contributed by atoms with Crippen LogP contribution < -0.4 is 0 Å². The van der Waals surface area contributed by atoms with Crippen molar-refractivity contribution in [3.8, 4) is 22.3 Å². The number of thiophene rings is 4. The summed E-state index contributed by atoms with van der Waals surface area (Å²) in [6.45, 7) is 0. The van der Waals surface area contributed by atoms with Crippen LogP contribution >= 0.6 is 45.3 Å². The summed E-state index contributed by atoms with van der Waals surface area (Å²) < 4.78 is 11.3. The van der Waals surface area contributed by atoms with Crippen LogP contribution in [0.15, 0.2) is 109 Å². The summed E-state index contributed by atoms with van der Waals surface area (Å²) >= 11 is 7.79. The van der Waals surface area contributed by atoms with Crippen LogP contribution in [0.1, 0.15) is 0 Å². The highest BCUT2D eigenvalue weighted by Gasteiger charge is 2.18. The Labute approximate surface area is 234 Å². The highest BCUT2D eigenvalue weighted by Crippen LogP contribution is 2.50. The van der Waals surface area contributed by atoms with Gasteiger partial charge in [-0.3, -0.25) is 0 Å². The highest BCUT2D eigenvalue weighted by atomic mass is 32.1. The van der Waals surface area contributed by atoms with E-state index in [9.17, 15) is 0 Å². The van der Waals surface area contributed by atoms with E-state index in [2.05, 4.69) is 109 Å². The second-order valence-electron chi connectivity index (χ2n) is 9.72. The van der Waals surface area contributed by atoms with Gasteiger partial charge in [0.05, 0.1) is 18.8 Å². The molecule has 0 unspecified atom stereocenters. The quantitative estimate of drug-likeness (QED) is 0.199. The van der Waals surface area contributed by atoms with E-state index < -0.39 is 0 Å². The van der Waals surface area contributed by atoms with Gasteiger partial charge in [0.25, 0.3) is 0 Å².